The highest BCUT2D eigenvalue weighted by Crippen LogP contribution is 2.12. The van der Waals surface area contributed by atoms with E-state index in [-0.39, 0.29) is 0 Å². The maximum atomic E-state index is 8.56. The van der Waals surface area contributed by atoms with Crippen molar-refractivity contribution >= 4 is 17.1 Å². The summed E-state index contributed by atoms with van der Waals surface area (Å²) in [6.07, 6.45) is 2.66. The Labute approximate surface area is 103 Å². The molecule has 0 aliphatic carbocycles. The van der Waals surface area contributed by atoms with Crippen LogP contribution >= 0.6 is 12.2 Å². The van der Waals surface area contributed by atoms with Crippen molar-refractivity contribution in [2.45, 2.75) is 33.1 Å². The monoisotopic (exact) mass is 231 g/mol. The van der Waals surface area contributed by atoms with Gasteiger partial charge in [0.1, 0.15) is 0 Å². The molecule has 0 atom stereocenters. The summed E-state index contributed by atoms with van der Waals surface area (Å²) in [5.74, 6) is 0.736. The molecule has 2 heteroatoms. The summed E-state index contributed by atoms with van der Waals surface area (Å²) in [7, 11) is 0. The first-order chi connectivity index (χ1) is 7.63. The second kappa shape index (κ2) is 6.40. The Hall–Kier alpha value is -1.20. The summed E-state index contributed by atoms with van der Waals surface area (Å²) in [6.45, 7) is 4.47. The summed E-state index contributed by atoms with van der Waals surface area (Å²) in [4.78, 5) is 0.734. The van der Waals surface area contributed by atoms with Gasteiger partial charge in [0.2, 0.25) is 0 Å². The van der Waals surface area contributed by atoms with Crippen LogP contribution in [0.3, 0.4) is 0 Å². The molecule has 0 radical (unpaired) electrons. The maximum Gasteiger partial charge on any atom is 0.0709 e. The summed E-state index contributed by atoms with van der Waals surface area (Å²) in [6, 6.07) is 10.4. The van der Waals surface area contributed by atoms with Crippen molar-refractivity contribution in [3.05, 3.63) is 35.4 Å². The Morgan fingerprint density at radius 2 is 1.94 bits per heavy atom. The van der Waals surface area contributed by atoms with Crippen LogP contribution in [-0.4, -0.2) is 4.86 Å². The smallest absolute Gasteiger partial charge is 0.0709 e. The largest absolute Gasteiger partial charge is 0.198 e. The molecule has 0 N–H and O–H groups in total. The normalized spacial score (nSPS) is 10.1. The van der Waals surface area contributed by atoms with Gasteiger partial charge < -0.3 is 0 Å². The fourth-order valence-electron chi connectivity index (χ4n) is 1.49. The number of nitrogens with zero attached hydrogens (tertiary/aromatic N) is 1. The zero-order valence-electron chi connectivity index (χ0n) is 9.86. The highest BCUT2D eigenvalue weighted by molar-refractivity contribution is 7.80. The van der Waals surface area contributed by atoms with Crippen molar-refractivity contribution in [1.29, 1.82) is 5.26 Å². The Kier molecular flexibility index (Phi) is 5.14. The van der Waals surface area contributed by atoms with Crippen molar-refractivity contribution in [3.8, 4) is 6.07 Å². The van der Waals surface area contributed by atoms with Crippen molar-refractivity contribution in [2.75, 3.05) is 0 Å². The van der Waals surface area contributed by atoms with Crippen LogP contribution < -0.4 is 0 Å². The van der Waals surface area contributed by atoms with E-state index >= 15 is 0 Å². The van der Waals surface area contributed by atoms with Gasteiger partial charge in [0.25, 0.3) is 0 Å². The van der Waals surface area contributed by atoms with E-state index in [2.05, 4.69) is 32.0 Å². The van der Waals surface area contributed by atoms with E-state index in [9.17, 15) is 0 Å². The van der Waals surface area contributed by atoms with Crippen molar-refractivity contribution in [2.24, 2.45) is 5.92 Å². The molecule has 1 aromatic carbocycles. The molecular weight excluding hydrogens is 214 g/mol. The summed E-state index contributed by atoms with van der Waals surface area (Å²) in [5, 5.41) is 8.56. The van der Waals surface area contributed by atoms with Crippen LogP contribution in [0.25, 0.3) is 0 Å². The van der Waals surface area contributed by atoms with Gasteiger partial charge in [0.05, 0.1) is 12.5 Å². The number of nitriles is 1. The number of benzene rings is 1. The molecule has 16 heavy (non-hydrogen) atoms. The molecule has 84 valence electrons. The first-order valence-corrected chi connectivity index (χ1v) is 6.03. The lowest BCUT2D eigenvalue weighted by atomic mass is 10.0. The van der Waals surface area contributed by atoms with E-state index in [1.165, 1.54) is 12.0 Å². The number of thiocarbonyl (C=S) groups is 1. The van der Waals surface area contributed by atoms with Gasteiger partial charge in [0.15, 0.2) is 0 Å². The molecule has 0 aliphatic heterocycles. The molecule has 0 aromatic heterocycles. The first kappa shape index (κ1) is 12.9. The molecule has 1 aromatic rings. The second-order valence-electron chi connectivity index (χ2n) is 4.39. The van der Waals surface area contributed by atoms with Crippen molar-refractivity contribution in [1.82, 2.24) is 0 Å². The number of rotatable bonds is 5. The molecule has 0 saturated carbocycles. The second-order valence-corrected chi connectivity index (χ2v) is 4.88. The summed E-state index contributed by atoms with van der Waals surface area (Å²) < 4.78 is 0. The zero-order chi connectivity index (χ0) is 12.0. The molecule has 0 amide bonds. The van der Waals surface area contributed by atoms with E-state index in [1.807, 2.05) is 12.1 Å². The minimum atomic E-state index is 0.334. The molecular formula is C14H17NS. The van der Waals surface area contributed by atoms with Gasteiger partial charge in [0, 0.05) is 4.86 Å². The van der Waals surface area contributed by atoms with Gasteiger partial charge in [-0.15, -0.1) is 0 Å². The predicted molar refractivity (Wildman–Crippen MR) is 71.5 cm³/mol. The van der Waals surface area contributed by atoms with Gasteiger partial charge >= 0.3 is 0 Å². The van der Waals surface area contributed by atoms with Gasteiger partial charge in [-0.05, 0) is 29.9 Å². The molecule has 0 bridgehead atoms. The third-order valence-corrected chi connectivity index (χ3v) is 2.91. The highest BCUT2D eigenvalue weighted by atomic mass is 32.1. The van der Waals surface area contributed by atoms with Gasteiger partial charge in [-0.3, -0.25) is 0 Å². The highest BCUT2D eigenvalue weighted by Gasteiger charge is 2.01. The topological polar surface area (TPSA) is 23.8 Å². The van der Waals surface area contributed by atoms with E-state index < -0.39 is 0 Å². The van der Waals surface area contributed by atoms with E-state index in [0.717, 1.165) is 22.8 Å². The minimum Gasteiger partial charge on any atom is -0.198 e. The fourth-order valence-corrected chi connectivity index (χ4v) is 1.69. The van der Waals surface area contributed by atoms with Crippen LogP contribution in [0.1, 0.15) is 37.8 Å². The zero-order valence-corrected chi connectivity index (χ0v) is 10.7. The SMILES string of the molecule is CC(C)CCc1ccc(C(=S)CC#N)cc1. The van der Waals surface area contributed by atoms with Gasteiger partial charge in [-0.1, -0.05) is 50.3 Å². The average molecular weight is 231 g/mol. The molecule has 0 aliphatic rings. The first-order valence-electron chi connectivity index (χ1n) is 5.62. The summed E-state index contributed by atoms with van der Waals surface area (Å²) in [5.41, 5.74) is 2.35. The Bertz CT molecular complexity index is 384. The lowest BCUT2D eigenvalue weighted by molar-refractivity contribution is 0.587. The van der Waals surface area contributed by atoms with Gasteiger partial charge in [-0.25, -0.2) is 0 Å². The fraction of sp³-hybridized carbons (Fsp3) is 0.429. The molecule has 0 saturated heterocycles. The third-order valence-electron chi connectivity index (χ3n) is 2.53. The van der Waals surface area contributed by atoms with E-state index in [4.69, 9.17) is 17.5 Å². The number of aryl methyl sites for hydroxylation is 1. The van der Waals surface area contributed by atoms with Crippen LogP contribution in [0.4, 0.5) is 0 Å². The van der Waals surface area contributed by atoms with E-state index in [0.29, 0.717) is 6.42 Å². The molecule has 0 heterocycles. The van der Waals surface area contributed by atoms with Crippen LogP contribution in [0, 0.1) is 17.2 Å². The third kappa shape index (κ3) is 4.12. The van der Waals surface area contributed by atoms with Crippen LogP contribution in [0.15, 0.2) is 24.3 Å². The number of hydrogen-bond acceptors (Lipinski definition) is 2. The Balaban J connectivity index is 2.61. The predicted octanol–water partition coefficient (Wildman–Crippen LogP) is 3.91. The van der Waals surface area contributed by atoms with Crippen LogP contribution in [-0.2, 0) is 6.42 Å². The van der Waals surface area contributed by atoms with Crippen molar-refractivity contribution in [3.63, 3.8) is 0 Å². The average Bonchev–Trinajstić information content (AvgIpc) is 2.27. The van der Waals surface area contributed by atoms with Crippen LogP contribution in [0.5, 0.6) is 0 Å². The number of hydrogen-bond donors (Lipinski definition) is 0. The Morgan fingerprint density at radius 1 is 1.31 bits per heavy atom. The lowest BCUT2D eigenvalue weighted by Crippen LogP contribution is -1.97. The summed E-state index contributed by atoms with van der Waals surface area (Å²) >= 11 is 5.15. The van der Waals surface area contributed by atoms with Gasteiger partial charge in [-0.2, -0.15) is 5.26 Å². The standard InChI is InChI=1S/C14H17NS/c1-11(2)3-4-12-5-7-13(8-6-12)14(16)9-10-15/h5-8,11H,3-4,9H2,1-2H3. The van der Waals surface area contributed by atoms with Crippen molar-refractivity contribution < 1.29 is 0 Å². The quantitative estimate of drug-likeness (QED) is 0.566. The molecule has 1 nitrogen and oxygen atoms in total. The molecule has 0 fully saturated rings. The lowest BCUT2D eigenvalue weighted by Gasteiger charge is -2.06. The molecule has 1 rings (SSSR count). The van der Waals surface area contributed by atoms with Crippen LogP contribution in [0.2, 0.25) is 0 Å². The maximum absolute atomic E-state index is 8.56. The Morgan fingerprint density at radius 3 is 2.44 bits per heavy atom. The molecule has 0 spiro atoms. The minimum absolute atomic E-state index is 0.334. The van der Waals surface area contributed by atoms with E-state index in [1.54, 1.807) is 0 Å². The molecule has 0 unspecified atom stereocenters.